The Morgan fingerprint density at radius 3 is 2.59 bits per heavy atom. The van der Waals surface area contributed by atoms with Crippen molar-refractivity contribution in [2.45, 2.75) is 50.1 Å². The van der Waals surface area contributed by atoms with Gasteiger partial charge >= 0.3 is 5.97 Å². The number of rotatable bonds is 3. The Labute approximate surface area is 137 Å². The third kappa shape index (κ3) is 4.07. The van der Waals surface area contributed by atoms with Crippen molar-refractivity contribution in [1.29, 1.82) is 0 Å². The van der Waals surface area contributed by atoms with Gasteiger partial charge in [0.1, 0.15) is 11.6 Å². The molecule has 1 aliphatic heterocycles. The molecule has 7 heteroatoms. The number of carbonyl (C=O) groups excluding carboxylic acids is 1. The molecule has 2 rings (SSSR count). The molecule has 0 amide bonds. The molecule has 4 atom stereocenters. The summed E-state index contributed by atoms with van der Waals surface area (Å²) in [5.74, 6) is -0.419. The van der Waals surface area contributed by atoms with Crippen LogP contribution in [0.4, 0.5) is 0 Å². The maximum atomic E-state index is 12.2. The zero-order chi connectivity index (χ0) is 16.5. The lowest BCUT2D eigenvalue weighted by atomic mass is 10.0. The van der Waals surface area contributed by atoms with Crippen molar-refractivity contribution in [3.8, 4) is 0 Å². The Hall–Kier alpha value is -0.950. The summed E-state index contributed by atoms with van der Waals surface area (Å²) in [4.78, 5) is 12.2. The molecule has 0 saturated carbocycles. The van der Waals surface area contributed by atoms with E-state index in [4.69, 9.17) is 16.3 Å². The van der Waals surface area contributed by atoms with Crippen LogP contribution >= 0.6 is 11.6 Å². The number of hydrogen-bond donors (Lipinski definition) is 2. The fourth-order valence-corrected chi connectivity index (χ4v) is 3.58. The van der Waals surface area contributed by atoms with Crippen LogP contribution in [0.3, 0.4) is 0 Å². The second kappa shape index (κ2) is 6.66. The van der Waals surface area contributed by atoms with Gasteiger partial charge in [-0.1, -0.05) is 29.8 Å². The van der Waals surface area contributed by atoms with Gasteiger partial charge in [0.2, 0.25) is 0 Å². The first kappa shape index (κ1) is 17.4. The predicted octanol–water partition coefficient (Wildman–Crippen LogP) is 2.68. The van der Waals surface area contributed by atoms with Crippen molar-refractivity contribution in [1.82, 2.24) is 5.32 Å². The van der Waals surface area contributed by atoms with Gasteiger partial charge in [-0.15, -0.1) is 0 Å². The molecule has 1 aromatic rings. The van der Waals surface area contributed by atoms with E-state index in [1.807, 2.05) is 0 Å². The molecule has 5 nitrogen and oxygen atoms in total. The number of carbonyl (C=O) groups is 1. The van der Waals surface area contributed by atoms with Crippen molar-refractivity contribution >= 4 is 28.7 Å². The first-order valence-electron chi connectivity index (χ1n) is 7.02. The topological polar surface area (TPSA) is 75.6 Å². The second-order valence-electron chi connectivity index (χ2n) is 6.30. The number of halogens is 1. The molecule has 1 aromatic carbocycles. The Balaban J connectivity index is 2.22. The highest BCUT2D eigenvalue weighted by Gasteiger charge is 2.43. The molecule has 0 radical (unpaired) electrons. The van der Waals surface area contributed by atoms with Gasteiger partial charge in [-0.2, -0.15) is 0 Å². The fourth-order valence-electron chi connectivity index (χ4n) is 2.51. The average molecular weight is 346 g/mol. The van der Waals surface area contributed by atoms with Crippen LogP contribution in [-0.4, -0.2) is 31.6 Å². The summed E-state index contributed by atoms with van der Waals surface area (Å²) >= 11 is 4.10. The van der Waals surface area contributed by atoms with E-state index in [0.29, 0.717) is 10.6 Å². The van der Waals surface area contributed by atoms with E-state index in [9.17, 15) is 13.6 Å². The van der Waals surface area contributed by atoms with Crippen molar-refractivity contribution in [3.63, 3.8) is 0 Å². The van der Waals surface area contributed by atoms with Crippen LogP contribution in [0.25, 0.3) is 0 Å². The molecule has 22 heavy (non-hydrogen) atoms. The van der Waals surface area contributed by atoms with Gasteiger partial charge in [-0.3, -0.25) is 10.1 Å². The molecule has 1 aliphatic rings. The van der Waals surface area contributed by atoms with Crippen LogP contribution < -0.4 is 5.32 Å². The van der Waals surface area contributed by atoms with Gasteiger partial charge in [0, 0.05) is 5.02 Å². The highest BCUT2D eigenvalue weighted by molar-refractivity contribution is 7.80. The lowest BCUT2D eigenvalue weighted by Crippen LogP contribution is -2.38. The Morgan fingerprint density at radius 2 is 2.05 bits per heavy atom. The molecule has 0 aliphatic carbocycles. The molecule has 2 N–H and O–H groups in total. The SMILES string of the molecule is CC(C)(C)OC(=O)C1C[C@H](S(=O)O)C(c2ccccc2Cl)N1. The number of benzene rings is 1. The minimum Gasteiger partial charge on any atom is -0.459 e. The molecule has 0 bridgehead atoms. The minimum absolute atomic E-state index is 0.230. The second-order valence-corrected chi connectivity index (χ2v) is 7.87. The summed E-state index contributed by atoms with van der Waals surface area (Å²) in [5.41, 5.74) is 0.109. The molecule has 3 unspecified atom stereocenters. The number of hydrogen-bond acceptors (Lipinski definition) is 4. The van der Waals surface area contributed by atoms with E-state index >= 15 is 0 Å². The van der Waals surface area contributed by atoms with Crippen LogP contribution in [0, 0.1) is 0 Å². The van der Waals surface area contributed by atoms with Crippen LogP contribution in [0.2, 0.25) is 5.02 Å². The van der Waals surface area contributed by atoms with Gasteiger partial charge in [0.15, 0.2) is 11.1 Å². The summed E-state index contributed by atoms with van der Waals surface area (Å²) in [6, 6.07) is 6.02. The maximum Gasteiger partial charge on any atom is 0.323 e. The minimum atomic E-state index is -2.07. The van der Waals surface area contributed by atoms with E-state index in [-0.39, 0.29) is 6.42 Å². The standard InChI is InChI=1S/C15H20ClNO4S/c1-15(2,3)21-14(18)11-8-12(22(19)20)13(17-11)9-6-4-5-7-10(9)16/h4-7,11-13,17H,8H2,1-3H3,(H,19,20)/t11?,12-,13?/m0/s1. The Bertz CT molecular complexity index is 587. The Kier molecular flexibility index (Phi) is 5.27. The van der Waals surface area contributed by atoms with Crippen molar-refractivity contribution in [2.75, 3.05) is 0 Å². The molecular formula is C15H20ClNO4S. The average Bonchev–Trinajstić information content (AvgIpc) is 2.82. The van der Waals surface area contributed by atoms with E-state index in [0.717, 1.165) is 0 Å². The zero-order valence-electron chi connectivity index (χ0n) is 12.7. The van der Waals surface area contributed by atoms with Crippen LogP contribution in [0.1, 0.15) is 38.8 Å². The summed E-state index contributed by atoms with van der Waals surface area (Å²) < 4.78 is 26.5. The number of ether oxygens (including phenoxy) is 1. The van der Waals surface area contributed by atoms with Crippen molar-refractivity contribution in [3.05, 3.63) is 34.9 Å². The third-order valence-corrected chi connectivity index (χ3v) is 4.74. The summed E-state index contributed by atoms with van der Waals surface area (Å²) in [6.07, 6.45) is 0.230. The van der Waals surface area contributed by atoms with Gasteiger partial charge in [0.25, 0.3) is 0 Å². The zero-order valence-corrected chi connectivity index (χ0v) is 14.3. The predicted molar refractivity (Wildman–Crippen MR) is 86.1 cm³/mol. The fraction of sp³-hybridized carbons (Fsp3) is 0.533. The quantitative estimate of drug-likeness (QED) is 0.650. The summed E-state index contributed by atoms with van der Waals surface area (Å²) in [7, 11) is 0. The Morgan fingerprint density at radius 1 is 1.41 bits per heavy atom. The van der Waals surface area contributed by atoms with Gasteiger partial charge < -0.3 is 9.29 Å². The lowest BCUT2D eigenvalue weighted by Gasteiger charge is -2.22. The third-order valence-electron chi connectivity index (χ3n) is 3.41. The van der Waals surface area contributed by atoms with Crippen LogP contribution in [0.5, 0.6) is 0 Å². The number of nitrogens with one attached hydrogen (secondary N) is 1. The van der Waals surface area contributed by atoms with Crippen molar-refractivity contribution in [2.24, 2.45) is 0 Å². The van der Waals surface area contributed by atoms with Crippen LogP contribution in [-0.2, 0) is 20.6 Å². The molecule has 0 aromatic heterocycles. The molecule has 0 spiro atoms. The smallest absolute Gasteiger partial charge is 0.323 e. The van der Waals surface area contributed by atoms with Gasteiger partial charge in [-0.05, 0) is 38.8 Å². The lowest BCUT2D eigenvalue weighted by molar-refractivity contribution is -0.157. The van der Waals surface area contributed by atoms with Gasteiger partial charge in [0.05, 0.1) is 11.3 Å². The molecule has 122 valence electrons. The molecular weight excluding hydrogens is 326 g/mol. The molecule has 1 fully saturated rings. The molecule has 1 heterocycles. The summed E-state index contributed by atoms with van der Waals surface area (Å²) in [5, 5.41) is 2.98. The van der Waals surface area contributed by atoms with E-state index in [1.54, 1.807) is 45.0 Å². The van der Waals surface area contributed by atoms with E-state index in [1.165, 1.54) is 0 Å². The van der Waals surface area contributed by atoms with E-state index in [2.05, 4.69) is 5.32 Å². The molecule has 1 saturated heterocycles. The highest BCUT2D eigenvalue weighted by Crippen LogP contribution is 2.34. The van der Waals surface area contributed by atoms with Crippen LogP contribution in [0.15, 0.2) is 24.3 Å². The van der Waals surface area contributed by atoms with Gasteiger partial charge in [-0.25, -0.2) is 4.21 Å². The number of esters is 1. The normalized spacial score (nSPS) is 26.7. The van der Waals surface area contributed by atoms with E-state index < -0.39 is 40.0 Å². The maximum absolute atomic E-state index is 12.2. The largest absolute Gasteiger partial charge is 0.459 e. The summed E-state index contributed by atoms with van der Waals surface area (Å²) in [6.45, 7) is 5.35. The first-order valence-corrected chi connectivity index (χ1v) is 8.57. The monoisotopic (exact) mass is 345 g/mol. The highest BCUT2D eigenvalue weighted by atomic mass is 35.5. The van der Waals surface area contributed by atoms with Crippen molar-refractivity contribution < 1.29 is 18.3 Å². The first-order chi connectivity index (χ1) is 10.2.